The van der Waals surface area contributed by atoms with Crippen LogP contribution in [0.5, 0.6) is 0 Å². The molecule has 0 aliphatic heterocycles. The first-order valence-corrected chi connectivity index (χ1v) is 2.38. The van der Waals surface area contributed by atoms with Crippen molar-refractivity contribution >= 4 is 0 Å². The van der Waals surface area contributed by atoms with Gasteiger partial charge >= 0.3 is 0 Å². The van der Waals surface area contributed by atoms with E-state index in [1.54, 1.807) is 0 Å². The molecule has 0 heterocycles. The minimum absolute atomic E-state index is 0.181. The molecule has 6 nitrogen and oxygen atoms in total. The van der Waals surface area contributed by atoms with E-state index in [-0.39, 0.29) is 13.2 Å². The Balaban J connectivity index is 3.07. The van der Waals surface area contributed by atoms with E-state index in [4.69, 9.17) is 17.2 Å². The van der Waals surface area contributed by atoms with Crippen LogP contribution in [0.1, 0.15) is 0 Å². The van der Waals surface area contributed by atoms with Crippen LogP contribution in [0.25, 0.3) is 0 Å². The number of nitrogens with two attached hydrogens (primary N) is 4. The van der Waals surface area contributed by atoms with Crippen molar-refractivity contribution in [1.29, 1.82) is 0 Å². The third kappa shape index (κ3) is 7.76. The number of rotatable bonds is 4. The molecule has 0 radical (unpaired) electrons. The molecule has 56 valence electrons. The highest BCUT2D eigenvalue weighted by Gasteiger charge is 2.09. The van der Waals surface area contributed by atoms with Crippen LogP contribution in [0.2, 0.25) is 0 Å². The van der Waals surface area contributed by atoms with Gasteiger partial charge in [-0.15, -0.1) is 0 Å². The lowest BCUT2D eigenvalue weighted by Crippen LogP contribution is -2.60. The fourth-order valence-electron chi connectivity index (χ4n) is 0.267. The molecule has 0 aliphatic rings. The van der Waals surface area contributed by atoms with E-state index < -0.39 is 5.97 Å². The van der Waals surface area contributed by atoms with Crippen molar-refractivity contribution < 1.29 is 9.57 Å². The lowest BCUT2D eigenvalue weighted by molar-refractivity contribution is -0.0576. The summed E-state index contributed by atoms with van der Waals surface area (Å²) in [5.74, 6) is 3.07. The van der Waals surface area contributed by atoms with Gasteiger partial charge < -0.3 is 9.57 Å². The quantitative estimate of drug-likeness (QED) is 0.191. The smallest absolute Gasteiger partial charge is 0.227 e. The molecule has 0 aromatic carbocycles. The second kappa shape index (κ2) is 3.72. The average molecular weight is 136 g/mol. The van der Waals surface area contributed by atoms with E-state index >= 15 is 0 Å². The normalized spacial score (nSPS) is 12.0. The van der Waals surface area contributed by atoms with Crippen LogP contribution in [-0.2, 0) is 9.57 Å². The number of hydrogen-bond acceptors (Lipinski definition) is 6. The monoisotopic (exact) mass is 136 g/mol. The highest BCUT2D eigenvalue weighted by atomic mass is 16.6. The molecule has 0 rings (SSSR count). The number of ether oxygens (including phenoxy) is 1. The second-order valence-corrected chi connectivity index (χ2v) is 1.57. The Hall–Kier alpha value is -0.240. The first-order valence-electron chi connectivity index (χ1n) is 2.38. The zero-order chi connectivity index (χ0) is 7.33. The van der Waals surface area contributed by atoms with Crippen molar-refractivity contribution in [2.24, 2.45) is 23.1 Å². The molecule has 0 bridgehead atoms. The molecule has 6 heteroatoms. The van der Waals surface area contributed by atoms with Gasteiger partial charge in [0.05, 0.1) is 13.2 Å². The maximum absolute atomic E-state index is 5.01. The number of hydrogen-bond donors (Lipinski definition) is 4. The molecule has 0 saturated heterocycles. The van der Waals surface area contributed by atoms with Crippen LogP contribution < -0.4 is 23.1 Å². The van der Waals surface area contributed by atoms with Crippen LogP contribution in [-0.4, -0.2) is 19.2 Å². The van der Waals surface area contributed by atoms with E-state index in [0.29, 0.717) is 0 Å². The molecule has 0 atom stereocenters. The average Bonchev–Trinajstić information content (AvgIpc) is 1.63. The molecule has 0 aliphatic carbocycles. The predicted octanol–water partition coefficient (Wildman–Crippen LogP) is -2.62. The highest BCUT2D eigenvalue weighted by Crippen LogP contribution is 1.80. The van der Waals surface area contributed by atoms with E-state index in [0.717, 1.165) is 0 Å². The van der Waals surface area contributed by atoms with Gasteiger partial charge in [-0.25, -0.2) is 5.90 Å². The van der Waals surface area contributed by atoms with Crippen molar-refractivity contribution in [2.75, 3.05) is 13.2 Å². The molecule has 0 saturated carbocycles. The minimum Gasteiger partial charge on any atom is -0.333 e. The summed E-state index contributed by atoms with van der Waals surface area (Å²) in [7, 11) is 0. The molecule has 8 N–H and O–H groups in total. The van der Waals surface area contributed by atoms with Crippen LogP contribution in [0.15, 0.2) is 0 Å². The van der Waals surface area contributed by atoms with Gasteiger partial charge in [0.25, 0.3) is 0 Å². The molecule has 0 spiro atoms. The summed E-state index contributed by atoms with van der Waals surface area (Å²) >= 11 is 0. The Labute approximate surface area is 53.0 Å². The predicted molar refractivity (Wildman–Crippen MR) is 31.4 cm³/mol. The van der Waals surface area contributed by atoms with E-state index in [2.05, 4.69) is 15.5 Å². The molecule has 0 aromatic rings. The van der Waals surface area contributed by atoms with E-state index in [9.17, 15) is 0 Å². The maximum Gasteiger partial charge on any atom is 0.227 e. The zero-order valence-electron chi connectivity index (χ0n) is 5.04. The standard InChI is InChI=1S/C3H12N4O2/c4-3(5,6)8-1-2-9-7/h1-2,4-7H2. The summed E-state index contributed by atoms with van der Waals surface area (Å²) < 4.78 is 4.60. The van der Waals surface area contributed by atoms with Gasteiger partial charge in [0.15, 0.2) is 0 Å². The highest BCUT2D eigenvalue weighted by molar-refractivity contribution is 4.49. The Morgan fingerprint density at radius 1 is 1.11 bits per heavy atom. The van der Waals surface area contributed by atoms with Gasteiger partial charge in [-0.2, -0.15) is 0 Å². The minimum atomic E-state index is -1.58. The maximum atomic E-state index is 5.01. The first-order chi connectivity index (χ1) is 4.06. The van der Waals surface area contributed by atoms with Crippen molar-refractivity contribution in [1.82, 2.24) is 0 Å². The molecule has 0 amide bonds. The molecular weight excluding hydrogens is 124 g/mol. The summed E-state index contributed by atoms with van der Waals surface area (Å²) in [6, 6.07) is 0. The summed E-state index contributed by atoms with van der Waals surface area (Å²) in [6.07, 6.45) is 0. The van der Waals surface area contributed by atoms with Crippen LogP contribution in [0.3, 0.4) is 0 Å². The van der Waals surface area contributed by atoms with Crippen molar-refractivity contribution in [3.8, 4) is 0 Å². The van der Waals surface area contributed by atoms with Gasteiger partial charge in [-0.05, 0) is 0 Å². The molecule has 9 heavy (non-hydrogen) atoms. The first kappa shape index (κ1) is 8.76. The lowest BCUT2D eigenvalue weighted by Gasteiger charge is -2.17. The Morgan fingerprint density at radius 2 is 1.67 bits per heavy atom. The fourth-order valence-corrected chi connectivity index (χ4v) is 0.267. The molecule has 0 aromatic heterocycles. The fraction of sp³-hybridized carbons (Fsp3) is 1.00. The third-order valence-electron chi connectivity index (χ3n) is 0.553. The van der Waals surface area contributed by atoms with Crippen molar-refractivity contribution in [2.45, 2.75) is 5.97 Å². The van der Waals surface area contributed by atoms with Gasteiger partial charge in [-0.1, -0.05) is 0 Å². The summed E-state index contributed by atoms with van der Waals surface area (Å²) in [6.45, 7) is 0.396. The molecule has 0 unspecified atom stereocenters. The summed E-state index contributed by atoms with van der Waals surface area (Å²) in [5, 5.41) is 0. The van der Waals surface area contributed by atoms with Gasteiger partial charge in [0.1, 0.15) is 0 Å². The van der Waals surface area contributed by atoms with Crippen LogP contribution in [0.4, 0.5) is 0 Å². The van der Waals surface area contributed by atoms with Gasteiger partial charge in [0, 0.05) is 0 Å². The third-order valence-corrected chi connectivity index (χ3v) is 0.553. The van der Waals surface area contributed by atoms with Gasteiger partial charge in [0.2, 0.25) is 5.97 Å². The zero-order valence-corrected chi connectivity index (χ0v) is 5.04. The lowest BCUT2D eigenvalue weighted by atomic mass is 10.7. The Bertz CT molecular complexity index is 70.7. The van der Waals surface area contributed by atoms with Crippen molar-refractivity contribution in [3.63, 3.8) is 0 Å². The molecular formula is C3H12N4O2. The topological polar surface area (TPSA) is 123 Å². The van der Waals surface area contributed by atoms with Gasteiger partial charge in [-0.3, -0.25) is 17.2 Å². The van der Waals surface area contributed by atoms with Crippen molar-refractivity contribution in [3.05, 3.63) is 0 Å². The SMILES string of the molecule is NOCCOC(N)(N)N. The summed E-state index contributed by atoms with van der Waals surface area (Å²) in [5.41, 5.74) is 15.0. The Kier molecular flexibility index (Phi) is 3.62. The molecule has 0 fully saturated rings. The largest absolute Gasteiger partial charge is 0.333 e. The van der Waals surface area contributed by atoms with Crippen LogP contribution >= 0.6 is 0 Å². The van der Waals surface area contributed by atoms with E-state index in [1.807, 2.05) is 0 Å². The Morgan fingerprint density at radius 3 is 2.00 bits per heavy atom. The van der Waals surface area contributed by atoms with Crippen LogP contribution in [0, 0.1) is 0 Å². The van der Waals surface area contributed by atoms with E-state index in [1.165, 1.54) is 0 Å². The summed E-state index contributed by atoms with van der Waals surface area (Å²) in [4.78, 5) is 4.15. The second-order valence-electron chi connectivity index (χ2n) is 1.57.